The minimum atomic E-state index is -0.309. The Balaban J connectivity index is 2.45. The zero-order chi connectivity index (χ0) is 14.0. The lowest BCUT2D eigenvalue weighted by Gasteiger charge is -2.21. The summed E-state index contributed by atoms with van der Waals surface area (Å²) in [5.41, 5.74) is 1.70. The number of hydrogen-bond acceptors (Lipinski definition) is 3. The van der Waals surface area contributed by atoms with Gasteiger partial charge in [0, 0.05) is 23.8 Å². The van der Waals surface area contributed by atoms with E-state index in [1.165, 1.54) is 12.1 Å². The molecule has 1 aromatic carbocycles. The number of rotatable bonds is 3. The van der Waals surface area contributed by atoms with Gasteiger partial charge < -0.3 is 9.64 Å². The number of aryl methyl sites for hydroxylation is 1. The Morgan fingerprint density at radius 1 is 1.32 bits per heavy atom. The van der Waals surface area contributed by atoms with Gasteiger partial charge in [-0.25, -0.2) is 9.37 Å². The van der Waals surface area contributed by atoms with Gasteiger partial charge in [0.1, 0.15) is 17.4 Å². The molecule has 1 heterocycles. The molecule has 19 heavy (non-hydrogen) atoms. The molecule has 5 heteroatoms. The standard InChI is InChI=1S/C14H14BrFN2O/c1-9-6-14(17-8-11(9)15)18(2)12-7-10(16)4-5-13(12)19-3/h4-8H,1-3H3. The van der Waals surface area contributed by atoms with Gasteiger partial charge in [-0.1, -0.05) is 0 Å². The Morgan fingerprint density at radius 3 is 2.68 bits per heavy atom. The second-order valence-electron chi connectivity index (χ2n) is 4.17. The van der Waals surface area contributed by atoms with Gasteiger partial charge in [-0.2, -0.15) is 0 Å². The molecule has 0 saturated carbocycles. The summed E-state index contributed by atoms with van der Waals surface area (Å²) in [7, 11) is 3.39. The number of aromatic nitrogens is 1. The average molecular weight is 325 g/mol. The Kier molecular flexibility index (Phi) is 4.04. The van der Waals surface area contributed by atoms with Crippen LogP contribution in [0.4, 0.5) is 15.9 Å². The first-order valence-corrected chi connectivity index (χ1v) is 6.51. The highest BCUT2D eigenvalue weighted by molar-refractivity contribution is 9.10. The number of benzene rings is 1. The predicted molar refractivity (Wildman–Crippen MR) is 77.7 cm³/mol. The van der Waals surface area contributed by atoms with Crippen molar-refractivity contribution in [3.05, 3.63) is 46.3 Å². The summed E-state index contributed by atoms with van der Waals surface area (Å²) >= 11 is 3.41. The molecule has 0 unspecified atom stereocenters. The number of hydrogen-bond donors (Lipinski definition) is 0. The van der Waals surface area contributed by atoms with Crippen LogP contribution in [0, 0.1) is 12.7 Å². The lowest BCUT2D eigenvalue weighted by Crippen LogP contribution is -2.12. The van der Waals surface area contributed by atoms with E-state index in [1.54, 1.807) is 24.3 Å². The Labute approximate surface area is 120 Å². The van der Waals surface area contributed by atoms with Gasteiger partial charge in [-0.05, 0) is 46.6 Å². The molecule has 1 aromatic heterocycles. The van der Waals surface area contributed by atoms with Crippen molar-refractivity contribution >= 4 is 27.4 Å². The molecule has 0 atom stereocenters. The highest BCUT2D eigenvalue weighted by Gasteiger charge is 2.13. The van der Waals surface area contributed by atoms with Gasteiger partial charge in [-0.3, -0.25) is 0 Å². The molecule has 0 radical (unpaired) electrons. The molecular formula is C14H14BrFN2O. The zero-order valence-electron chi connectivity index (χ0n) is 10.9. The van der Waals surface area contributed by atoms with E-state index in [9.17, 15) is 4.39 Å². The van der Waals surface area contributed by atoms with E-state index in [2.05, 4.69) is 20.9 Å². The smallest absolute Gasteiger partial charge is 0.142 e. The van der Waals surface area contributed by atoms with Gasteiger partial charge in [0.25, 0.3) is 0 Å². The maximum Gasteiger partial charge on any atom is 0.142 e. The van der Waals surface area contributed by atoms with E-state index in [0.29, 0.717) is 11.4 Å². The van der Waals surface area contributed by atoms with Crippen LogP contribution < -0.4 is 9.64 Å². The molecule has 0 aliphatic carbocycles. The Hall–Kier alpha value is -1.62. The zero-order valence-corrected chi connectivity index (χ0v) is 12.5. The predicted octanol–water partition coefficient (Wildman–Crippen LogP) is 4.07. The van der Waals surface area contributed by atoms with Crippen molar-refractivity contribution < 1.29 is 9.13 Å². The van der Waals surface area contributed by atoms with E-state index in [0.717, 1.165) is 15.9 Å². The van der Waals surface area contributed by atoms with Gasteiger partial charge in [0.2, 0.25) is 0 Å². The third-order valence-corrected chi connectivity index (χ3v) is 3.71. The minimum absolute atomic E-state index is 0.309. The maximum absolute atomic E-state index is 13.4. The molecule has 0 N–H and O–H groups in total. The molecular weight excluding hydrogens is 311 g/mol. The average Bonchev–Trinajstić information content (AvgIpc) is 2.41. The highest BCUT2D eigenvalue weighted by Crippen LogP contribution is 2.33. The maximum atomic E-state index is 13.4. The van der Waals surface area contributed by atoms with Crippen LogP contribution in [0.15, 0.2) is 34.9 Å². The van der Waals surface area contributed by atoms with Crippen molar-refractivity contribution in [3.8, 4) is 5.75 Å². The van der Waals surface area contributed by atoms with Crippen LogP contribution in [0.25, 0.3) is 0 Å². The molecule has 0 aliphatic heterocycles. The first-order chi connectivity index (χ1) is 9.02. The fraction of sp³-hybridized carbons (Fsp3) is 0.214. The molecule has 0 aliphatic rings. The lowest BCUT2D eigenvalue weighted by atomic mass is 10.2. The van der Waals surface area contributed by atoms with Crippen molar-refractivity contribution in [3.63, 3.8) is 0 Å². The molecule has 2 rings (SSSR count). The van der Waals surface area contributed by atoms with Crippen LogP contribution in [0.5, 0.6) is 5.75 Å². The Morgan fingerprint density at radius 2 is 2.05 bits per heavy atom. The summed E-state index contributed by atoms with van der Waals surface area (Å²) in [5, 5.41) is 0. The van der Waals surface area contributed by atoms with Gasteiger partial charge in [0.05, 0.1) is 12.8 Å². The summed E-state index contributed by atoms with van der Waals surface area (Å²) in [4.78, 5) is 6.11. The quantitative estimate of drug-likeness (QED) is 0.851. The molecule has 0 saturated heterocycles. The number of ether oxygens (including phenoxy) is 1. The van der Waals surface area contributed by atoms with Crippen molar-refractivity contribution in [2.24, 2.45) is 0 Å². The molecule has 0 spiro atoms. The van der Waals surface area contributed by atoms with E-state index < -0.39 is 0 Å². The number of nitrogens with zero attached hydrogens (tertiary/aromatic N) is 2. The van der Waals surface area contributed by atoms with Crippen molar-refractivity contribution in [1.82, 2.24) is 4.98 Å². The molecule has 0 fully saturated rings. The van der Waals surface area contributed by atoms with E-state index >= 15 is 0 Å². The highest BCUT2D eigenvalue weighted by atomic mass is 79.9. The third kappa shape index (κ3) is 2.87. The van der Waals surface area contributed by atoms with Gasteiger partial charge >= 0.3 is 0 Å². The summed E-state index contributed by atoms with van der Waals surface area (Å²) < 4.78 is 19.6. The summed E-state index contributed by atoms with van der Waals surface area (Å²) in [5.74, 6) is 1.02. The van der Waals surface area contributed by atoms with E-state index in [-0.39, 0.29) is 5.82 Å². The van der Waals surface area contributed by atoms with E-state index in [1.807, 2.05) is 20.0 Å². The largest absolute Gasteiger partial charge is 0.495 e. The van der Waals surface area contributed by atoms with Crippen molar-refractivity contribution in [2.45, 2.75) is 6.92 Å². The fourth-order valence-electron chi connectivity index (χ4n) is 1.76. The number of halogens is 2. The van der Waals surface area contributed by atoms with Crippen LogP contribution in [0.2, 0.25) is 0 Å². The number of pyridine rings is 1. The first-order valence-electron chi connectivity index (χ1n) is 5.72. The molecule has 0 amide bonds. The fourth-order valence-corrected chi connectivity index (χ4v) is 1.97. The van der Waals surface area contributed by atoms with Crippen LogP contribution >= 0.6 is 15.9 Å². The normalized spacial score (nSPS) is 10.4. The third-order valence-electron chi connectivity index (χ3n) is 2.88. The van der Waals surface area contributed by atoms with Crippen molar-refractivity contribution in [2.75, 3.05) is 19.1 Å². The van der Waals surface area contributed by atoms with Gasteiger partial charge in [-0.15, -0.1) is 0 Å². The van der Waals surface area contributed by atoms with Gasteiger partial charge in [0.15, 0.2) is 0 Å². The monoisotopic (exact) mass is 324 g/mol. The topological polar surface area (TPSA) is 25.4 Å². The minimum Gasteiger partial charge on any atom is -0.495 e. The first kappa shape index (κ1) is 13.8. The van der Waals surface area contributed by atoms with Crippen LogP contribution in [-0.2, 0) is 0 Å². The molecule has 100 valence electrons. The second-order valence-corrected chi connectivity index (χ2v) is 5.02. The van der Waals surface area contributed by atoms with Crippen LogP contribution in [0.1, 0.15) is 5.56 Å². The number of anilines is 2. The lowest BCUT2D eigenvalue weighted by molar-refractivity contribution is 0.414. The SMILES string of the molecule is COc1ccc(F)cc1N(C)c1cc(C)c(Br)cn1. The molecule has 2 aromatic rings. The number of methoxy groups -OCH3 is 1. The Bertz CT molecular complexity index is 604. The van der Waals surface area contributed by atoms with E-state index in [4.69, 9.17) is 4.74 Å². The second kappa shape index (κ2) is 5.57. The van der Waals surface area contributed by atoms with Crippen LogP contribution in [0.3, 0.4) is 0 Å². The molecule has 3 nitrogen and oxygen atoms in total. The summed E-state index contributed by atoms with van der Waals surface area (Å²) in [6.45, 7) is 1.98. The summed E-state index contributed by atoms with van der Waals surface area (Å²) in [6.07, 6.45) is 1.73. The molecule has 0 bridgehead atoms. The summed E-state index contributed by atoms with van der Waals surface area (Å²) in [6, 6.07) is 6.33. The van der Waals surface area contributed by atoms with Crippen LogP contribution in [-0.4, -0.2) is 19.1 Å². The van der Waals surface area contributed by atoms with Crippen molar-refractivity contribution in [1.29, 1.82) is 0 Å².